The van der Waals surface area contributed by atoms with E-state index in [0.29, 0.717) is 0 Å². The van der Waals surface area contributed by atoms with Crippen LogP contribution in [0.5, 0.6) is 0 Å². The van der Waals surface area contributed by atoms with E-state index in [1.54, 1.807) is 24.1 Å². The Labute approximate surface area is 138 Å². The minimum Gasteiger partial charge on any atom is -0.378 e. The molecule has 3 aromatic rings. The largest absolute Gasteiger partial charge is 0.378 e. The smallest absolute Gasteiger partial charge is 0.128 e. The van der Waals surface area contributed by atoms with Crippen LogP contribution in [0, 0.1) is 5.82 Å². The molecule has 0 aliphatic carbocycles. The molecular weight excluding hydrogens is 313 g/mol. The third-order valence-electron chi connectivity index (χ3n) is 3.88. The molecule has 4 nitrogen and oxygen atoms in total. The van der Waals surface area contributed by atoms with Crippen molar-refractivity contribution in [2.45, 2.75) is 4.90 Å². The Hall–Kier alpha value is -2.05. The number of fused-ring (bicyclic) bond motifs is 1. The van der Waals surface area contributed by atoms with E-state index in [-0.39, 0.29) is 5.82 Å². The zero-order valence-electron chi connectivity index (χ0n) is 12.5. The molecule has 1 aromatic carbocycles. The van der Waals surface area contributed by atoms with Gasteiger partial charge in [-0.3, -0.25) is 3.97 Å². The SMILES string of the molecule is Fc1ccc2c(ccn2Sc2ccc(N3CCOCC3)nc2)c1. The summed E-state index contributed by atoms with van der Waals surface area (Å²) in [5.41, 5.74) is 0.994. The predicted octanol–water partition coefficient (Wildman–Crippen LogP) is 3.57. The average Bonchev–Trinajstić information content (AvgIpc) is 2.98. The lowest BCUT2D eigenvalue weighted by Gasteiger charge is -2.27. The molecule has 4 rings (SSSR count). The fourth-order valence-corrected chi connectivity index (χ4v) is 3.53. The summed E-state index contributed by atoms with van der Waals surface area (Å²) in [6.45, 7) is 3.27. The first-order chi connectivity index (χ1) is 11.3. The molecule has 0 saturated carbocycles. The van der Waals surface area contributed by atoms with E-state index >= 15 is 0 Å². The Morgan fingerprint density at radius 2 is 1.96 bits per heavy atom. The second-order valence-electron chi connectivity index (χ2n) is 5.39. The second-order valence-corrected chi connectivity index (χ2v) is 6.43. The number of anilines is 1. The van der Waals surface area contributed by atoms with Crippen molar-refractivity contribution in [1.82, 2.24) is 8.96 Å². The van der Waals surface area contributed by atoms with Gasteiger partial charge >= 0.3 is 0 Å². The first-order valence-electron chi connectivity index (χ1n) is 7.53. The molecule has 0 unspecified atom stereocenters. The summed E-state index contributed by atoms with van der Waals surface area (Å²) < 4.78 is 20.6. The highest BCUT2D eigenvalue weighted by molar-refractivity contribution is 7.98. The minimum atomic E-state index is -0.211. The summed E-state index contributed by atoms with van der Waals surface area (Å²) in [4.78, 5) is 7.83. The summed E-state index contributed by atoms with van der Waals surface area (Å²) in [6.07, 6.45) is 3.83. The van der Waals surface area contributed by atoms with Crippen LogP contribution < -0.4 is 4.90 Å². The molecule has 0 atom stereocenters. The third-order valence-corrected chi connectivity index (χ3v) is 4.84. The zero-order valence-corrected chi connectivity index (χ0v) is 13.3. The standard InChI is InChI=1S/C17H16FN3OS/c18-14-1-3-16-13(11-14)5-6-21(16)23-15-2-4-17(19-12-15)20-7-9-22-10-8-20/h1-6,11-12H,7-10H2. The highest BCUT2D eigenvalue weighted by Crippen LogP contribution is 2.27. The van der Waals surface area contributed by atoms with Gasteiger partial charge in [-0.05, 0) is 48.3 Å². The van der Waals surface area contributed by atoms with Crippen LogP contribution >= 0.6 is 11.9 Å². The number of benzene rings is 1. The molecule has 6 heteroatoms. The van der Waals surface area contributed by atoms with Gasteiger partial charge in [0.25, 0.3) is 0 Å². The van der Waals surface area contributed by atoms with Crippen molar-refractivity contribution in [2.24, 2.45) is 0 Å². The quantitative estimate of drug-likeness (QED) is 0.735. The lowest BCUT2D eigenvalue weighted by Crippen LogP contribution is -2.36. The van der Waals surface area contributed by atoms with Crippen molar-refractivity contribution in [2.75, 3.05) is 31.2 Å². The normalized spacial score (nSPS) is 15.3. The minimum absolute atomic E-state index is 0.211. The summed E-state index contributed by atoms with van der Waals surface area (Å²) >= 11 is 1.57. The number of ether oxygens (including phenoxy) is 1. The third kappa shape index (κ3) is 3.04. The molecule has 0 N–H and O–H groups in total. The topological polar surface area (TPSA) is 30.3 Å². The fraction of sp³-hybridized carbons (Fsp3) is 0.235. The molecule has 3 heterocycles. The van der Waals surface area contributed by atoms with Crippen LogP contribution in [0.25, 0.3) is 10.9 Å². The molecule has 1 aliphatic rings. The number of nitrogens with zero attached hydrogens (tertiary/aromatic N) is 3. The van der Waals surface area contributed by atoms with Gasteiger partial charge in [-0.2, -0.15) is 0 Å². The first kappa shape index (κ1) is 14.5. The number of hydrogen-bond donors (Lipinski definition) is 0. The van der Waals surface area contributed by atoms with Gasteiger partial charge in [0.2, 0.25) is 0 Å². The van der Waals surface area contributed by atoms with E-state index in [0.717, 1.165) is 47.9 Å². The van der Waals surface area contributed by atoms with Gasteiger partial charge in [0.05, 0.1) is 18.7 Å². The van der Waals surface area contributed by atoms with E-state index in [9.17, 15) is 4.39 Å². The van der Waals surface area contributed by atoms with E-state index in [2.05, 4.69) is 16.0 Å². The number of aromatic nitrogens is 2. The molecule has 118 valence electrons. The molecule has 0 amide bonds. The maximum Gasteiger partial charge on any atom is 0.128 e. The molecule has 1 fully saturated rings. The number of halogens is 1. The summed E-state index contributed by atoms with van der Waals surface area (Å²) in [6, 6.07) is 10.9. The van der Waals surface area contributed by atoms with E-state index in [4.69, 9.17) is 4.74 Å². The van der Waals surface area contributed by atoms with Gasteiger partial charge in [-0.15, -0.1) is 0 Å². The monoisotopic (exact) mass is 329 g/mol. The molecular formula is C17H16FN3OS. The van der Waals surface area contributed by atoms with E-state index in [1.165, 1.54) is 6.07 Å². The number of rotatable bonds is 3. The van der Waals surface area contributed by atoms with Crippen molar-refractivity contribution < 1.29 is 9.13 Å². The molecule has 0 radical (unpaired) electrons. The van der Waals surface area contributed by atoms with Gasteiger partial charge in [-0.1, -0.05) is 0 Å². The van der Waals surface area contributed by atoms with Gasteiger partial charge in [-0.25, -0.2) is 9.37 Å². The van der Waals surface area contributed by atoms with E-state index < -0.39 is 0 Å². The maximum absolute atomic E-state index is 13.3. The van der Waals surface area contributed by atoms with Crippen LogP contribution in [0.2, 0.25) is 0 Å². The van der Waals surface area contributed by atoms with Crippen LogP contribution in [0.3, 0.4) is 0 Å². The van der Waals surface area contributed by atoms with Crippen LogP contribution in [0.1, 0.15) is 0 Å². The van der Waals surface area contributed by atoms with Crippen molar-refractivity contribution in [3.05, 3.63) is 54.6 Å². The first-order valence-corrected chi connectivity index (χ1v) is 8.31. The molecule has 2 aromatic heterocycles. The van der Waals surface area contributed by atoms with Crippen LogP contribution in [0.4, 0.5) is 10.2 Å². The zero-order chi connectivity index (χ0) is 15.6. The lowest BCUT2D eigenvalue weighted by molar-refractivity contribution is 0.122. The van der Waals surface area contributed by atoms with Crippen molar-refractivity contribution in [3.8, 4) is 0 Å². The van der Waals surface area contributed by atoms with E-state index in [1.807, 2.05) is 28.5 Å². The van der Waals surface area contributed by atoms with Crippen molar-refractivity contribution >= 4 is 28.7 Å². The number of hydrogen-bond acceptors (Lipinski definition) is 4. The average molecular weight is 329 g/mol. The lowest BCUT2D eigenvalue weighted by atomic mass is 10.2. The van der Waals surface area contributed by atoms with Crippen LogP contribution in [-0.2, 0) is 4.74 Å². The Balaban J connectivity index is 1.53. The van der Waals surface area contributed by atoms with Crippen molar-refractivity contribution in [3.63, 3.8) is 0 Å². The van der Waals surface area contributed by atoms with Crippen LogP contribution in [0.15, 0.2) is 53.7 Å². The highest BCUT2D eigenvalue weighted by Gasteiger charge is 2.12. The summed E-state index contributed by atoms with van der Waals surface area (Å²) in [7, 11) is 0. The van der Waals surface area contributed by atoms with Gasteiger partial charge in [0, 0.05) is 35.8 Å². The Bertz CT molecular complexity index is 812. The Kier molecular flexibility index (Phi) is 3.93. The maximum atomic E-state index is 13.3. The van der Waals surface area contributed by atoms with Crippen molar-refractivity contribution in [1.29, 1.82) is 0 Å². The number of morpholine rings is 1. The molecule has 23 heavy (non-hydrogen) atoms. The summed E-state index contributed by atoms with van der Waals surface area (Å²) in [5, 5.41) is 0.899. The molecule has 0 bridgehead atoms. The van der Waals surface area contributed by atoms with Gasteiger partial charge in [0.1, 0.15) is 11.6 Å². The highest BCUT2D eigenvalue weighted by atomic mass is 32.2. The fourth-order valence-electron chi connectivity index (χ4n) is 2.69. The molecule has 1 saturated heterocycles. The molecule has 0 spiro atoms. The number of pyridine rings is 1. The predicted molar refractivity (Wildman–Crippen MR) is 90.4 cm³/mol. The molecule has 1 aliphatic heterocycles. The Morgan fingerprint density at radius 3 is 2.74 bits per heavy atom. The Morgan fingerprint density at radius 1 is 1.09 bits per heavy atom. The second kappa shape index (κ2) is 6.22. The van der Waals surface area contributed by atoms with Crippen LogP contribution in [-0.4, -0.2) is 35.3 Å². The van der Waals surface area contributed by atoms with Gasteiger partial charge < -0.3 is 9.64 Å². The van der Waals surface area contributed by atoms with Gasteiger partial charge in [0.15, 0.2) is 0 Å². The summed E-state index contributed by atoms with van der Waals surface area (Å²) in [5.74, 6) is 0.772.